The van der Waals surface area contributed by atoms with Gasteiger partial charge in [0, 0.05) is 13.2 Å². The van der Waals surface area contributed by atoms with Crippen LogP contribution < -0.4 is 4.72 Å². The van der Waals surface area contributed by atoms with E-state index in [0.717, 1.165) is 11.3 Å². The molecule has 8 heteroatoms. The summed E-state index contributed by atoms with van der Waals surface area (Å²) in [5.74, 6) is -0.596. The average molecular weight is 335 g/mol. The molecule has 1 heterocycles. The number of carbonyl (C=O) groups is 1. The number of aryl methyl sites for hydroxylation is 1. The van der Waals surface area contributed by atoms with E-state index >= 15 is 0 Å². The number of hydrogen-bond acceptors (Lipinski definition) is 6. The van der Waals surface area contributed by atoms with Gasteiger partial charge in [-0.3, -0.25) is 0 Å². The fourth-order valence-electron chi connectivity index (χ4n) is 1.80. The van der Waals surface area contributed by atoms with Crippen molar-refractivity contribution in [3.63, 3.8) is 0 Å². The highest BCUT2D eigenvalue weighted by Gasteiger charge is 2.30. The number of methoxy groups -OCH3 is 2. The van der Waals surface area contributed by atoms with E-state index in [1.807, 2.05) is 13.8 Å². The monoisotopic (exact) mass is 335 g/mol. The third kappa shape index (κ3) is 4.26. The molecule has 0 saturated carbocycles. The second-order valence-electron chi connectivity index (χ2n) is 5.00. The van der Waals surface area contributed by atoms with Crippen LogP contribution in [0.2, 0.25) is 0 Å². The van der Waals surface area contributed by atoms with E-state index < -0.39 is 16.0 Å². The molecule has 0 radical (unpaired) electrons. The topological polar surface area (TPSA) is 81.7 Å². The van der Waals surface area contributed by atoms with Crippen LogP contribution in [-0.4, -0.2) is 41.3 Å². The molecule has 1 atom stereocenters. The lowest BCUT2D eigenvalue weighted by molar-refractivity contribution is 0.0602. The van der Waals surface area contributed by atoms with Crippen LogP contribution in [0.15, 0.2) is 10.3 Å². The summed E-state index contributed by atoms with van der Waals surface area (Å²) in [5.41, 5.74) is 0.521. The van der Waals surface area contributed by atoms with E-state index in [-0.39, 0.29) is 28.3 Å². The first kappa shape index (κ1) is 18.1. The van der Waals surface area contributed by atoms with Gasteiger partial charge in [0.05, 0.1) is 13.7 Å². The summed E-state index contributed by atoms with van der Waals surface area (Å²) in [4.78, 5) is 11.8. The van der Waals surface area contributed by atoms with Crippen LogP contribution in [0, 0.1) is 12.8 Å². The van der Waals surface area contributed by atoms with Gasteiger partial charge in [-0.25, -0.2) is 17.9 Å². The van der Waals surface area contributed by atoms with Crippen molar-refractivity contribution in [2.75, 3.05) is 20.8 Å². The summed E-state index contributed by atoms with van der Waals surface area (Å²) in [6.07, 6.45) is 0. The molecule has 0 fully saturated rings. The Bertz CT molecular complexity index is 592. The molecule has 0 saturated heterocycles. The fourth-order valence-corrected chi connectivity index (χ4v) is 4.88. The first-order valence-electron chi connectivity index (χ1n) is 6.42. The average Bonchev–Trinajstić information content (AvgIpc) is 2.79. The molecule has 0 amide bonds. The molecule has 21 heavy (non-hydrogen) atoms. The van der Waals surface area contributed by atoms with Crippen molar-refractivity contribution in [1.82, 2.24) is 4.72 Å². The third-order valence-electron chi connectivity index (χ3n) is 3.01. The summed E-state index contributed by atoms with van der Waals surface area (Å²) in [5, 5.41) is 1.63. The van der Waals surface area contributed by atoms with Crippen LogP contribution >= 0.6 is 11.3 Å². The molecule has 0 aliphatic carbocycles. The van der Waals surface area contributed by atoms with Gasteiger partial charge < -0.3 is 9.47 Å². The second kappa shape index (κ2) is 7.35. The Balaban J connectivity index is 3.19. The highest BCUT2D eigenvalue weighted by atomic mass is 32.2. The van der Waals surface area contributed by atoms with E-state index in [1.54, 1.807) is 12.3 Å². The number of sulfonamides is 1. The molecule has 1 N–H and O–H groups in total. The number of thiophene rings is 1. The zero-order chi connectivity index (χ0) is 16.2. The lowest BCUT2D eigenvalue weighted by atomic mass is 10.1. The Labute approximate surface area is 129 Å². The molecular weight excluding hydrogens is 314 g/mol. The standard InChI is InChI=1S/C13H21NO5S2/c1-8(2)10(6-18-4)14-21(16,17)12-9(3)7-20-11(12)13(15)19-5/h7-8,10,14H,6H2,1-5H3. The lowest BCUT2D eigenvalue weighted by Gasteiger charge is -2.21. The van der Waals surface area contributed by atoms with Crippen LogP contribution in [-0.2, 0) is 19.5 Å². The Kier molecular flexibility index (Phi) is 6.33. The minimum atomic E-state index is -3.82. The number of nitrogens with one attached hydrogen (secondary N) is 1. The van der Waals surface area contributed by atoms with Crippen molar-refractivity contribution in [3.8, 4) is 0 Å². The minimum absolute atomic E-state index is 0.0129. The highest BCUT2D eigenvalue weighted by molar-refractivity contribution is 7.89. The largest absolute Gasteiger partial charge is 0.465 e. The van der Waals surface area contributed by atoms with E-state index in [0.29, 0.717) is 5.56 Å². The lowest BCUT2D eigenvalue weighted by Crippen LogP contribution is -2.42. The van der Waals surface area contributed by atoms with Gasteiger partial charge in [0.15, 0.2) is 0 Å². The Morgan fingerprint density at radius 3 is 2.48 bits per heavy atom. The van der Waals surface area contributed by atoms with Crippen molar-refractivity contribution < 1.29 is 22.7 Å². The number of esters is 1. The zero-order valence-electron chi connectivity index (χ0n) is 12.8. The van der Waals surface area contributed by atoms with Gasteiger partial charge in [0.2, 0.25) is 10.0 Å². The second-order valence-corrected chi connectivity index (χ2v) is 7.53. The van der Waals surface area contributed by atoms with E-state index in [2.05, 4.69) is 9.46 Å². The Hall–Kier alpha value is -0.960. The van der Waals surface area contributed by atoms with Crippen molar-refractivity contribution >= 4 is 27.3 Å². The maximum atomic E-state index is 12.6. The first-order chi connectivity index (χ1) is 9.74. The Morgan fingerprint density at radius 1 is 1.38 bits per heavy atom. The van der Waals surface area contributed by atoms with Crippen LogP contribution in [0.5, 0.6) is 0 Å². The van der Waals surface area contributed by atoms with Gasteiger partial charge in [0.25, 0.3) is 0 Å². The molecule has 0 aliphatic heterocycles. The van der Waals surface area contributed by atoms with Crippen molar-refractivity contribution in [3.05, 3.63) is 15.8 Å². The van der Waals surface area contributed by atoms with Gasteiger partial charge >= 0.3 is 5.97 Å². The van der Waals surface area contributed by atoms with Gasteiger partial charge in [0.1, 0.15) is 9.77 Å². The molecule has 6 nitrogen and oxygen atoms in total. The van der Waals surface area contributed by atoms with Gasteiger partial charge in [-0.1, -0.05) is 13.8 Å². The zero-order valence-corrected chi connectivity index (χ0v) is 14.4. The molecule has 1 unspecified atom stereocenters. The number of carbonyl (C=O) groups excluding carboxylic acids is 1. The summed E-state index contributed by atoms with van der Waals surface area (Å²) in [6, 6.07) is -0.371. The molecule has 1 rings (SSSR count). The number of rotatable bonds is 7. The fraction of sp³-hybridized carbons (Fsp3) is 0.615. The van der Waals surface area contributed by atoms with Crippen LogP contribution in [0.1, 0.15) is 29.1 Å². The maximum Gasteiger partial charge on any atom is 0.349 e. The van der Waals surface area contributed by atoms with Crippen LogP contribution in [0.25, 0.3) is 0 Å². The molecule has 0 aliphatic rings. The molecule has 1 aromatic rings. The SMILES string of the molecule is COCC(NS(=O)(=O)c1c(C)csc1C(=O)OC)C(C)C. The van der Waals surface area contributed by atoms with E-state index in [1.165, 1.54) is 14.2 Å². The van der Waals surface area contributed by atoms with Gasteiger partial charge in [-0.2, -0.15) is 0 Å². The highest BCUT2D eigenvalue weighted by Crippen LogP contribution is 2.28. The molecule has 0 bridgehead atoms. The van der Waals surface area contributed by atoms with Crippen molar-refractivity contribution in [2.45, 2.75) is 31.7 Å². The first-order valence-corrected chi connectivity index (χ1v) is 8.78. The summed E-state index contributed by atoms with van der Waals surface area (Å²) in [7, 11) is -1.08. The molecule has 120 valence electrons. The summed E-state index contributed by atoms with van der Waals surface area (Å²) >= 11 is 1.06. The smallest absolute Gasteiger partial charge is 0.349 e. The quantitative estimate of drug-likeness (QED) is 0.768. The van der Waals surface area contributed by atoms with Crippen molar-refractivity contribution in [2.24, 2.45) is 5.92 Å². The molecule has 0 spiro atoms. The van der Waals surface area contributed by atoms with E-state index in [9.17, 15) is 13.2 Å². The normalized spacial score (nSPS) is 13.4. The summed E-state index contributed by atoms with van der Waals surface area (Å²) in [6.45, 7) is 5.70. The van der Waals surface area contributed by atoms with Crippen molar-refractivity contribution in [1.29, 1.82) is 0 Å². The van der Waals surface area contributed by atoms with E-state index in [4.69, 9.17) is 4.74 Å². The third-order valence-corrected chi connectivity index (χ3v) is 5.90. The predicted octanol–water partition coefficient (Wildman–Crippen LogP) is 1.79. The molecule has 1 aromatic heterocycles. The summed E-state index contributed by atoms with van der Waals surface area (Å²) < 4.78 is 37.4. The van der Waals surface area contributed by atoms with Gasteiger partial charge in [-0.15, -0.1) is 11.3 Å². The Morgan fingerprint density at radius 2 is 2.00 bits per heavy atom. The molecule has 0 aromatic carbocycles. The van der Waals surface area contributed by atoms with Crippen LogP contribution in [0.3, 0.4) is 0 Å². The van der Waals surface area contributed by atoms with Gasteiger partial charge in [-0.05, 0) is 23.8 Å². The predicted molar refractivity (Wildman–Crippen MR) is 81.2 cm³/mol. The van der Waals surface area contributed by atoms with Crippen LogP contribution in [0.4, 0.5) is 0 Å². The number of hydrogen-bond donors (Lipinski definition) is 1. The molecular formula is C13H21NO5S2. The minimum Gasteiger partial charge on any atom is -0.465 e. The maximum absolute atomic E-state index is 12.6. The number of ether oxygens (including phenoxy) is 2.